The molecule has 15 heavy (non-hydrogen) atoms. The molecule has 0 radical (unpaired) electrons. The Labute approximate surface area is 87.3 Å². The Morgan fingerprint density at radius 3 is 1.73 bits per heavy atom. The van der Waals surface area contributed by atoms with E-state index in [-0.39, 0.29) is 17.1 Å². The number of hydrogen-bond donors (Lipinski definition) is 1. The van der Waals surface area contributed by atoms with Gasteiger partial charge in [-0.05, 0) is 12.8 Å². The molecule has 0 aromatic carbocycles. The molecule has 0 aliphatic heterocycles. The van der Waals surface area contributed by atoms with Gasteiger partial charge in [-0.2, -0.15) is 17.5 Å². The summed E-state index contributed by atoms with van der Waals surface area (Å²) in [5.74, 6) is 0. The third kappa shape index (κ3) is 2.61. The molecule has 0 heterocycles. The number of hydrogen-bond acceptors (Lipinski definition) is 3. The molecular weight excluding hydrogens is 233 g/mol. The second-order valence-electron chi connectivity index (χ2n) is 3.23. The monoisotopic (exact) mass is 248 g/mol. The van der Waals surface area contributed by atoms with Crippen LogP contribution in [0.1, 0.15) is 26.7 Å². The van der Waals surface area contributed by atoms with Crippen molar-refractivity contribution in [2.75, 3.05) is 7.05 Å². The molecule has 0 aliphatic carbocycles. The van der Waals surface area contributed by atoms with Crippen molar-refractivity contribution >= 4 is 10.0 Å². The minimum Gasteiger partial charge on any atom is -0.312 e. The summed E-state index contributed by atoms with van der Waals surface area (Å²) in [4.78, 5) is 0. The number of nitrogens with zero attached hydrogens (tertiary/aromatic N) is 1. The smallest absolute Gasteiger partial charge is 0.312 e. The standard InChI is InChI=1S/C7H15F3N2O2S/c1-4-6(11,5-2)12(3)15(13,14)7(8,9)10/h4-5,11H2,1-3H3. The van der Waals surface area contributed by atoms with Crippen molar-refractivity contribution in [2.45, 2.75) is 37.9 Å². The lowest BCUT2D eigenvalue weighted by molar-refractivity contribution is -0.0516. The molecule has 8 heteroatoms. The Bertz CT molecular complexity index is 309. The Morgan fingerprint density at radius 2 is 1.53 bits per heavy atom. The fourth-order valence-electron chi connectivity index (χ4n) is 1.09. The lowest BCUT2D eigenvalue weighted by Gasteiger charge is -2.36. The molecular formula is C7H15F3N2O2S. The summed E-state index contributed by atoms with van der Waals surface area (Å²) in [6, 6.07) is 0. The van der Waals surface area contributed by atoms with Crippen molar-refractivity contribution in [2.24, 2.45) is 5.73 Å². The lowest BCUT2D eigenvalue weighted by atomic mass is 10.1. The van der Waals surface area contributed by atoms with Crippen LogP contribution >= 0.6 is 0 Å². The van der Waals surface area contributed by atoms with E-state index in [0.29, 0.717) is 0 Å². The average molecular weight is 248 g/mol. The number of rotatable bonds is 4. The van der Waals surface area contributed by atoms with Gasteiger partial charge in [-0.25, -0.2) is 8.42 Å². The molecule has 2 N–H and O–H groups in total. The molecule has 0 spiro atoms. The lowest BCUT2D eigenvalue weighted by Crippen LogP contribution is -2.58. The largest absolute Gasteiger partial charge is 0.511 e. The number of alkyl halides is 3. The zero-order valence-corrected chi connectivity index (χ0v) is 9.61. The molecule has 92 valence electrons. The second kappa shape index (κ2) is 4.26. The van der Waals surface area contributed by atoms with Crippen LogP contribution in [0, 0.1) is 0 Å². The number of sulfonamides is 1. The van der Waals surface area contributed by atoms with Gasteiger partial charge < -0.3 is 5.73 Å². The fraction of sp³-hybridized carbons (Fsp3) is 1.00. The van der Waals surface area contributed by atoms with Crippen LogP contribution in [0.5, 0.6) is 0 Å². The highest BCUT2D eigenvalue weighted by atomic mass is 32.2. The minimum absolute atomic E-state index is 0.106. The molecule has 0 fully saturated rings. The molecule has 0 saturated carbocycles. The molecule has 0 saturated heterocycles. The maximum atomic E-state index is 12.2. The van der Waals surface area contributed by atoms with E-state index in [0.717, 1.165) is 7.05 Å². The zero-order valence-electron chi connectivity index (χ0n) is 8.80. The van der Waals surface area contributed by atoms with Crippen LogP contribution in [-0.2, 0) is 10.0 Å². The summed E-state index contributed by atoms with van der Waals surface area (Å²) in [5, 5.41) is 0. The fourth-order valence-corrected chi connectivity index (χ4v) is 2.14. The Kier molecular flexibility index (Phi) is 4.17. The van der Waals surface area contributed by atoms with Crippen molar-refractivity contribution in [1.82, 2.24) is 4.31 Å². The van der Waals surface area contributed by atoms with Crippen molar-refractivity contribution in [1.29, 1.82) is 0 Å². The molecule has 0 unspecified atom stereocenters. The van der Waals surface area contributed by atoms with E-state index in [2.05, 4.69) is 0 Å². The van der Waals surface area contributed by atoms with Crippen molar-refractivity contribution in [3.8, 4) is 0 Å². The van der Waals surface area contributed by atoms with Crippen LogP contribution in [0.2, 0.25) is 0 Å². The van der Waals surface area contributed by atoms with Crippen molar-refractivity contribution in [3.05, 3.63) is 0 Å². The van der Waals surface area contributed by atoms with Gasteiger partial charge in [0.05, 0.1) is 5.66 Å². The Balaban J connectivity index is 5.27. The van der Waals surface area contributed by atoms with Crippen molar-refractivity contribution in [3.63, 3.8) is 0 Å². The summed E-state index contributed by atoms with van der Waals surface area (Å²) in [5.41, 5.74) is -1.23. The molecule has 0 bridgehead atoms. The molecule has 0 rings (SSSR count). The molecule has 0 aromatic heterocycles. The van der Waals surface area contributed by atoms with Crippen LogP contribution in [-0.4, -0.2) is 30.9 Å². The predicted molar refractivity (Wildman–Crippen MR) is 50.2 cm³/mol. The maximum absolute atomic E-state index is 12.2. The third-order valence-corrected chi connectivity index (χ3v) is 4.17. The minimum atomic E-state index is -5.35. The first-order valence-electron chi connectivity index (χ1n) is 4.37. The van der Waals surface area contributed by atoms with Gasteiger partial charge in [-0.3, -0.25) is 0 Å². The Hall–Kier alpha value is -0.340. The normalized spacial score (nSPS) is 14.7. The summed E-state index contributed by atoms with van der Waals surface area (Å²) in [6.07, 6.45) is 0.213. The van der Waals surface area contributed by atoms with Gasteiger partial charge in [0.1, 0.15) is 0 Å². The van der Waals surface area contributed by atoms with Crippen LogP contribution in [0.4, 0.5) is 13.2 Å². The van der Waals surface area contributed by atoms with E-state index < -0.39 is 21.2 Å². The zero-order chi connectivity index (χ0) is 12.5. The summed E-state index contributed by atoms with van der Waals surface area (Å²) in [6.45, 7) is 3.07. The molecule has 0 atom stereocenters. The van der Waals surface area contributed by atoms with E-state index in [9.17, 15) is 21.6 Å². The van der Waals surface area contributed by atoms with E-state index in [1.54, 1.807) is 0 Å². The van der Waals surface area contributed by atoms with Gasteiger partial charge in [0, 0.05) is 7.05 Å². The van der Waals surface area contributed by atoms with Gasteiger partial charge in [-0.15, -0.1) is 0 Å². The first-order valence-corrected chi connectivity index (χ1v) is 5.81. The van der Waals surface area contributed by atoms with Gasteiger partial charge >= 0.3 is 15.5 Å². The molecule has 4 nitrogen and oxygen atoms in total. The number of halogens is 3. The summed E-state index contributed by atoms with van der Waals surface area (Å²) >= 11 is 0. The van der Waals surface area contributed by atoms with Crippen molar-refractivity contribution < 1.29 is 21.6 Å². The average Bonchev–Trinajstić information content (AvgIpc) is 2.13. The maximum Gasteiger partial charge on any atom is 0.511 e. The SMILES string of the molecule is CCC(N)(CC)N(C)S(=O)(=O)C(F)(F)F. The van der Waals surface area contributed by atoms with E-state index in [1.165, 1.54) is 13.8 Å². The van der Waals surface area contributed by atoms with Crippen LogP contribution in [0.25, 0.3) is 0 Å². The highest BCUT2D eigenvalue weighted by molar-refractivity contribution is 7.90. The molecule has 0 amide bonds. The highest BCUT2D eigenvalue weighted by Gasteiger charge is 2.52. The van der Waals surface area contributed by atoms with E-state index in [4.69, 9.17) is 5.73 Å². The summed E-state index contributed by atoms with van der Waals surface area (Å²) < 4.78 is 58.9. The van der Waals surface area contributed by atoms with E-state index >= 15 is 0 Å². The van der Waals surface area contributed by atoms with Crippen LogP contribution in [0.15, 0.2) is 0 Å². The van der Waals surface area contributed by atoms with Crippen LogP contribution in [0.3, 0.4) is 0 Å². The quantitative estimate of drug-likeness (QED) is 0.761. The molecule has 0 aromatic rings. The first kappa shape index (κ1) is 14.7. The predicted octanol–water partition coefficient (Wildman–Crippen LogP) is 1.24. The van der Waals surface area contributed by atoms with Gasteiger partial charge in [0.15, 0.2) is 0 Å². The summed E-state index contributed by atoms with van der Waals surface area (Å²) in [7, 11) is -4.51. The van der Waals surface area contributed by atoms with Gasteiger partial charge in [-0.1, -0.05) is 13.8 Å². The molecule has 0 aliphatic rings. The topological polar surface area (TPSA) is 63.4 Å². The van der Waals surface area contributed by atoms with Gasteiger partial charge in [0.2, 0.25) is 0 Å². The first-order chi connectivity index (χ1) is 6.53. The second-order valence-corrected chi connectivity index (χ2v) is 5.19. The third-order valence-electron chi connectivity index (χ3n) is 2.50. The number of nitrogens with two attached hydrogens (primary N) is 1. The van der Waals surface area contributed by atoms with Crippen LogP contribution < -0.4 is 5.73 Å². The Morgan fingerprint density at radius 1 is 1.20 bits per heavy atom. The van der Waals surface area contributed by atoms with Gasteiger partial charge in [0.25, 0.3) is 0 Å². The highest BCUT2D eigenvalue weighted by Crippen LogP contribution is 2.31. The van der Waals surface area contributed by atoms with E-state index in [1.807, 2.05) is 0 Å².